The predicted octanol–water partition coefficient (Wildman–Crippen LogP) is 2.61. The summed E-state index contributed by atoms with van der Waals surface area (Å²) >= 11 is 0. The molecule has 4 heteroatoms. The Balaban J connectivity index is 2.70. The number of carbonyl (C=O) groups excluding carboxylic acids is 1. The molecule has 0 aromatic heterocycles. The predicted molar refractivity (Wildman–Crippen MR) is 63.5 cm³/mol. The first kappa shape index (κ1) is 14.0. The Labute approximate surface area is 102 Å². The number of carboxylic acid groups (broad SMARTS) is 1. The van der Waals surface area contributed by atoms with Gasteiger partial charge in [-0.25, -0.2) is 0 Å². The quantitative estimate of drug-likeness (QED) is 0.608. The molecule has 0 amide bonds. The summed E-state index contributed by atoms with van der Waals surface area (Å²) in [6.45, 7) is 6.50. The second kappa shape index (κ2) is 4.67. The van der Waals surface area contributed by atoms with Crippen LogP contribution < -0.4 is 0 Å². The van der Waals surface area contributed by atoms with Gasteiger partial charge >= 0.3 is 11.9 Å². The van der Waals surface area contributed by atoms with Gasteiger partial charge in [0, 0.05) is 0 Å². The van der Waals surface area contributed by atoms with Crippen LogP contribution in [0.3, 0.4) is 0 Å². The summed E-state index contributed by atoms with van der Waals surface area (Å²) in [6, 6.07) is 0. The zero-order chi connectivity index (χ0) is 13.3. The van der Waals surface area contributed by atoms with E-state index in [-0.39, 0.29) is 0 Å². The van der Waals surface area contributed by atoms with Gasteiger partial charge in [0.2, 0.25) is 0 Å². The fourth-order valence-electron chi connectivity index (χ4n) is 2.16. The summed E-state index contributed by atoms with van der Waals surface area (Å²) in [4.78, 5) is 22.8. The maximum absolute atomic E-state index is 11.9. The highest BCUT2D eigenvalue weighted by atomic mass is 16.6. The lowest BCUT2D eigenvalue weighted by atomic mass is 9.88. The molecule has 1 saturated carbocycles. The van der Waals surface area contributed by atoms with Crippen LogP contribution in [0.4, 0.5) is 0 Å². The molecule has 1 fully saturated rings. The van der Waals surface area contributed by atoms with E-state index in [4.69, 9.17) is 9.84 Å². The number of ether oxygens (including phenoxy) is 1. The Morgan fingerprint density at radius 2 is 1.59 bits per heavy atom. The van der Waals surface area contributed by atoms with E-state index in [9.17, 15) is 9.59 Å². The monoisotopic (exact) mass is 242 g/mol. The van der Waals surface area contributed by atoms with Gasteiger partial charge in [0.05, 0.1) is 0 Å². The molecule has 0 unspecified atom stereocenters. The average Bonchev–Trinajstić information content (AvgIpc) is 2.69. The summed E-state index contributed by atoms with van der Waals surface area (Å²) in [5.74, 6) is -1.46. The number of carbonyl (C=O) groups is 2. The third kappa shape index (κ3) is 2.99. The van der Waals surface area contributed by atoms with Crippen LogP contribution in [-0.4, -0.2) is 22.6 Å². The van der Waals surface area contributed by atoms with Gasteiger partial charge in [0.1, 0.15) is 5.60 Å². The van der Waals surface area contributed by atoms with Gasteiger partial charge in [0.25, 0.3) is 0 Å². The molecule has 0 bridgehead atoms. The number of rotatable bonds is 4. The van der Waals surface area contributed by atoms with Gasteiger partial charge in [-0.15, -0.1) is 0 Å². The molecule has 0 radical (unpaired) electrons. The second-order valence-corrected chi connectivity index (χ2v) is 5.90. The molecular weight excluding hydrogens is 220 g/mol. The lowest BCUT2D eigenvalue weighted by Crippen LogP contribution is -2.43. The third-order valence-electron chi connectivity index (χ3n) is 3.74. The molecular formula is C13H22O4. The maximum Gasteiger partial charge on any atom is 0.323 e. The van der Waals surface area contributed by atoms with Gasteiger partial charge in [0.15, 0.2) is 5.41 Å². The fraction of sp³-hybridized carbons (Fsp3) is 0.846. The third-order valence-corrected chi connectivity index (χ3v) is 3.74. The number of hydrogen-bond donors (Lipinski definition) is 1. The minimum absolute atomic E-state index is 0.344. The van der Waals surface area contributed by atoms with Gasteiger partial charge in [-0.05, 0) is 46.5 Å². The van der Waals surface area contributed by atoms with Crippen LogP contribution >= 0.6 is 0 Å². The van der Waals surface area contributed by atoms with Crippen LogP contribution in [0, 0.1) is 11.3 Å². The van der Waals surface area contributed by atoms with Crippen molar-refractivity contribution in [2.45, 2.75) is 59.0 Å². The Bertz CT molecular complexity index is 311. The van der Waals surface area contributed by atoms with Crippen LogP contribution in [0.2, 0.25) is 0 Å². The summed E-state index contributed by atoms with van der Waals surface area (Å²) < 4.78 is 5.43. The zero-order valence-corrected chi connectivity index (χ0v) is 11.1. The van der Waals surface area contributed by atoms with Crippen LogP contribution in [0.1, 0.15) is 53.4 Å². The van der Waals surface area contributed by atoms with Crippen molar-refractivity contribution in [1.29, 1.82) is 0 Å². The first-order chi connectivity index (χ1) is 7.68. The minimum atomic E-state index is -1.48. The highest BCUT2D eigenvalue weighted by molar-refractivity contribution is 5.98. The zero-order valence-electron chi connectivity index (χ0n) is 11.1. The molecule has 1 N–H and O–H groups in total. The Kier molecular flexibility index (Phi) is 3.84. The number of aliphatic carboxylic acids is 1. The van der Waals surface area contributed by atoms with Crippen molar-refractivity contribution >= 4 is 11.9 Å². The second-order valence-electron chi connectivity index (χ2n) is 5.90. The summed E-state index contributed by atoms with van der Waals surface area (Å²) in [5, 5.41) is 8.97. The van der Waals surface area contributed by atoms with Crippen LogP contribution in [0.5, 0.6) is 0 Å². The van der Waals surface area contributed by atoms with E-state index in [0.29, 0.717) is 5.92 Å². The molecule has 0 saturated heterocycles. The van der Waals surface area contributed by atoms with Gasteiger partial charge in [-0.2, -0.15) is 0 Å². The maximum atomic E-state index is 11.9. The van der Waals surface area contributed by atoms with Crippen molar-refractivity contribution in [3.63, 3.8) is 0 Å². The van der Waals surface area contributed by atoms with Crippen molar-refractivity contribution in [1.82, 2.24) is 0 Å². The standard InChI is InChI=1S/C13H22O4/c1-12(2,10(14)15)11(16)17-13(3,4)9-7-5-6-8-9/h9H,5-8H2,1-4H3,(H,14,15). The molecule has 98 valence electrons. The van der Waals surface area contributed by atoms with E-state index in [1.54, 1.807) is 0 Å². The lowest BCUT2D eigenvalue weighted by Gasteiger charge is -2.33. The van der Waals surface area contributed by atoms with Crippen LogP contribution in [0.15, 0.2) is 0 Å². The molecule has 0 aromatic rings. The number of hydrogen-bond acceptors (Lipinski definition) is 3. The van der Waals surface area contributed by atoms with Crippen LogP contribution in [-0.2, 0) is 14.3 Å². The Hall–Kier alpha value is -1.06. The number of esters is 1. The fourth-order valence-corrected chi connectivity index (χ4v) is 2.16. The van der Waals surface area contributed by atoms with Gasteiger partial charge in [-0.3, -0.25) is 9.59 Å². The SMILES string of the molecule is CC(C)(C(=O)O)C(=O)OC(C)(C)C1CCCC1. The summed E-state index contributed by atoms with van der Waals surface area (Å²) in [6.07, 6.45) is 4.42. The summed E-state index contributed by atoms with van der Waals surface area (Å²) in [7, 11) is 0. The van der Waals surface area contributed by atoms with E-state index in [1.807, 2.05) is 13.8 Å². The van der Waals surface area contributed by atoms with Gasteiger partial charge < -0.3 is 9.84 Å². The molecule has 0 atom stereocenters. The lowest BCUT2D eigenvalue weighted by molar-refractivity contribution is -0.179. The molecule has 1 aliphatic rings. The van der Waals surface area contributed by atoms with Crippen molar-refractivity contribution in [2.24, 2.45) is 11.3 Å². The van der Waals surface area contributed by atoms with Crippen molar-refractivity contribution in [3.05, 3.63) is 0 Å². The molecule has 1 aliphatic carbocycles. The van der Waals surface area contributed by atoms with Gasteiger partial charge in [-0.1, -0.05) is 12.8 Å². The minimum Gasteiger partial charge on any atom is -0.480 e. The first-order valence-corrected chi connectivity index (χ1v) is 6.15. The van der Waals surface area contributed by atoms with E-state index in [2.05, 4.69) is 0 Å². The average molecular weight is 242 g/mol. The molecule has 17 heavy (non-hydrogen) atoms. The van der Waals surface area contributed by atoms with Crippen LogP contribution in [0.25, 0.3) is 0 Å². The van der Waals surface area contributed by atoms with Crippen molar-refractivity contribution < 1.29 is 19.4 Å². The smallest absolute Gasteiger partial charge is 0.323 e. The highest BCUT2D eigenvalue weighted by Gasteiger charge is 2.43. The van der Waals surface area contributed by atoms with E-state index in [0.717, 1.165) is 25.7 Å². The molecule has 0 heterocycles. The van der Waals surface area contributed by atoms with E-state index < -0.39 is 23.0 Å². The largest absolute Gasteiger partial charge is 0.480 e. The molecule has 4 nitrogen and oxygen atoms in total. The normalized spacial score (nSPS) is 18.1. The Morgan fingerprint density at radius 1 is 1.12 bits per heavy atom. The summed E-state index contributed by atoms with van der Waals surface area (Å²) in [5.41, 5.74) is -2.05. The van der Waals surface area contributed by atoms with Crippen molar-refractivity contribution in [3.8, 4) is 0 Å². The molecule has 0 spiro atoms. The molecule has 0 aromatic carbocycles. The first-order valence-electron chi connectivity index (χ1n) is 6.15. The van der Waals surface area contributed by atoms with E-state index in [1.165, 1.54) is 13.8 Å². The molecule has 1 rings (SSSR count). The topological polar surface area (TPSA) is 63.6 Å². The number of carboxylic acids is 1. The van der Waals surface area contributed by atoms with E-state index >= 15 is 0 Å². The molecule has 0 aliphatic heterocycles. The Morgan fingerprint density at radius 3 is 2.00 bits per heavy atom. The highest BCUT2D eigenvalue weighted by Crippen LogP contribution is 2.37. The van der Waals surface area contributed by atoms with Crippen molar-refractivity contribution in [2.75, 3.05) is 0 Å².